The van der Waals surface area contributed by atoms with Crippen LogP contribution in [0.15, 0.2) is 48.5 Å². The van der Waals surface area contributed by atoms with Gasteiger partial charge < -0.3 is 15.5 Å². The molecule has 0 aliphatic carbocycles. The van der Waals surface area contributed by atoms with E-state index < -0.39 is 0 Å². The first kappa shape index (κ1) is 18.3. The lowest BCUT2D eigenvalue weighted by atomic mass is 10.1. The summed E-state index contributed by atoms with van der Waals surface area (Å²) in [5, 5.41) is 6.33. The normalized spacial score (nSPS) is 14.6. The summed E-state index contributed by atoms with van der Waals surface area (Å²) in [4.78, 5) is 14.7. The molecule has 2 N–H and O–H groups in total. The molecule has 1 amide bonds. The van der Waals surface area contributed by atoms with Gasteiger partial charge >= 0.3 is 0 Å². The Morgan fingerprint density at radius 3 is 2.42 bits per heavy atom. The number of rotatable bonds is 6. The third-order valence-corrected chi connectivity index (χ3v) is 5.03. The fourth-order valence-electron chi connectivity index (χ4n) is 3.45. The molecule has 4 nitrogen and oxygen atoms in total. The zero-order valence-electron chi connectivity index (χ0n) is 15.6. The predicted molar refractivity (Wildman–Crippen MR) is 109 cm³/mol. The first-order valence-corrected chi connectivity index (χ1v) is 9.63. The van der Waals surface area contributed by atoms with Gasteiger partial charge in [0.2, 0.25) is 5.91 Å². The Morgan fingerprint density at radius 1 is 0.962 bits per heavy atom. The molecule has 1 fully saturated rings. The van der Waals surface area contributed by atoms with E-state index in [1.807, 2.05) is 18.2 Å². The second kappa shape index (κ2) is 9.27. The molecular formula is C22H29N3O. The number of anilines is 2. The Morgan fingerprint density at radius 2 is 1.65 bits per heavy atom. The minimum Gasteiger partial charge on any atom is -0.374 e. The van der Waals surface area contributed by atoms with Crippen LogP contribution >= 0.6 is 0 Å². The Balaban J connectivity index is 1.55. The highest BCUT2D eigenvalue weighted by atomic mass is 16.1. The van der Waals surface area contributed by atoms with Crippen LogP contribution < -0.4 is 15.5 Å². The van der Waals surface area contributed by atoms with Gasteiger partial charge in [-0.3, -0.25) is 4.79 Å². The second-order valence-electron chi connectivity index (χ2n) is 6.98. The smallest absolute Gasteiger partial charge is 0.239 e. The monoisotopic (exact) mass is 351 g/mol. The Labute approximate surface area is 156 Å². The fourth-order valence-corrected chi connectivity index (χ4v) is 3.45. The Bertz CT molecular complexity index is 721. The number of aryl methyl sites for hydroxylation is 1. The lowest BCUT2D eigenvalue weighted by molar-refractivity contribution is -0.119. The van der Waals surface area contributed by atoms with Gasteiger partial charge in [0.05, 0.1) is 17.9 Å². The summed E-state index contributed by atoms with van der Waals surface area (Å²) in [5.74, 6) is 0.0129. The van der Waals surface area contributed by atoms with Crippen molar-refractivity contribution in [1.82, 2.24) is 5.32 Å². The second-order valence-corrected chi connectivity index (χ2v) is 6.98. The molecule has 0 aromatic heterocycles. The third-order valence-electron chi connectivity index (χ3n) is 5.03. The predicted octanol–water partition coefficient (Wildman–Crippen LogP) is 4.10. The summed E-state index contributed by atoms with van der Waals surface area (Å²) in [5.41, 5.74) is 4.61. The van der Waals surface area contributed by atoms with Gasteiger partial charge in [-0.1, -0.05) is 49.2 Å². The number of amides is 1. The number of carbonyl (C=O) groups is 1. The van der Waals surface area contributed by atoms with Crippen molar-refractivity contribution in [3.8, 4) is 0 Å². The van der Waals surface area contributed by atoms with Crippen LogP contribution in [0.3, 0.4) is 0 Å². The summed E-state index contributed by atoms with van der Waals surface area (Å²) < 4.78 is 0. The molecule has 1 heterocycles. The Hall–Kier alpha value is -2.49. The summed E-state index contributed by atoms with van der Waals surface area (Å²) in [6.45, 7) is 5.12. The van der Waals surface area contributed by atoms with Gasteiger partial charge in [-0.25, -0.2) is 0 Å². The quantitative estimate of drug-likeness (QED) is 0.823. The summed E-state index contributed by atoms with van der Waals surface area (Å²) in [6, 6.07) is 16.5. The summed E-state index contributed by atoms with van der Waals surface area (Å²) >= 11 is 0. The minimum absolute atomic E-state index is 0.0129. The lowest BCUT2D eigenvalue weighted by Gasteiger charge is -2.25. The SMILES string of the molecule is Cc1ccccc1CNC(=O)CNc1ccccc1N1CCCCCC1. The molecule has 0 spiro atoms. The molecule has 1 aliphatic heterocycles. The van der Waals surface area contributed by atoms with Crippen molar-refractivity contribution in [2.24, 2.45) is 0 Å². The van der Waals surface area contributed by atoms with Crippen LogP contribution in [-0.4, -0.2) is 25.5 Å². The van der Waals surface area contributed by atoms with Gasteiger partial charge in [-0.15, -0.1) is 0 Å². The molecule has 138 valence electrons. The number of para-hydroxylation sites is 2. The zero-order valence-corrected chi connectivity index (χ0v) is 15.6. The molecule has 0 saturated carbocycles. The third kappa shape index (κ3) is 5.01. The molecule has 3 rings (SSSR count). The summed E-state index contributed by atoms with van der Waals surface area (Å²) in [6.07, 6.45) is 5.11. The number of hydrogen-bond donors (Lipinski definition) is 2. The van der Waals surface area contributed by atoms with E-state index in [0.717, 1.165) is 24.3 Å². The number of hydrogen-bond acceptors (Lipinski definition) is 3. The van der Waals surface area contributed by atoms with Crippen LogP contribution in [0.1, 0.15) is 36.8 Å². The molecule has 0 radical (unpaired) electrons. The van der Waals surface area contributed by atoms with E-state index >= 15 is 0 Å². The van der Waals surface area contributed by atoms with Crippen molar-refractivity contribution < 1.29 is 4.79 Å². The van der Waals surface area contributed by atoms with Crippen molar-refractivity contribution in [3.63, 3.8) is 0 Å². The van der Waals surface area contributed by atoms with Crippen LogP contribution in [0.2, 0.25) is 0 Å². The molecule has 2 aromatic rings. The van der Waals surface area contributed by atoms with E-state index in [4.69, 9.17) is 0 Å². The van der Waals surface area contributed by atoms with E-state index in [-0.39, 0.29) is 12.5 Å². The molecule has 0 bridgehead atoms. The van der Waals surface area contributed by atoms with Gasteiger partial charge in [-0.05, 0) is 43.0 Å². The van der Waals surface area contributed by atoms with Crippen molar-refractivity contribution in [3.05, 3.63) is 59.7 Å². The Kier molecular flexibility index (Phi) is 6.53. The largest absolute Gasteiger partial charge is 0.374 e. The lowest BCUT2D eigenvalue weighted by Crippen LogP contribution is -2.30. The van der Waals surface area contributed by atoms with Crippen LogP contribution in [0.5, 0.6) is 0 Å². The van der Waals surface area contributed by atoms with Crippen molar-refractivity contribution in [1.29, 1.82) is 0 Å². The average molecular weight is 351 g/mol. The van der Waals surface area contributed by atoms with Gasteiger partial charge in [0.25, 0.3) is 0 Å². The molecule has 0 unspecified atom stereocenters. The number of nitrogens with zero attached hydrogens (tertiary/aromatic N) is 1. The molecule has 0 atom stereocenters. The van der Waals surface area contributed by atoms with Gasteiger partial charge in [0.15, 0.2) is 0 Å². The maximum absolute atomic E-state index is 12.3. The number of carbonyl (C=O) groups excluding carboxylic acids is 1. The minimum atomic E-state index is 0.0129. The van der Waals surface area contributed by atoms with Crippen LogP contribution in [-0.2, 0) is 11.3 Å². The van der Waals surface area contributed by atoms with Gasteiger partial charge in [0, 0.05) is 19.6 Å². The molecule has 2 aromatic carbocycles. The van der Waals surface area contributed by atoms with Crippen LogP contribution in [0, 0.1) is 6.92 Å². The molecule has 1 saturated heterocycles. The number of benzene rings is 2. The fraction of sp³-hybridized carbons (Fsp3) is 0.409. The van der Waals surface area contributed by atoms with Gasteiger partial charge in [-0.2, -0.15) is 0 Å². The maximum atomic E-state index is 12.3. The molecule has 1 aliphatic rings. The van der Waals surface area contributed by atoms with E-state index in [9.17, 15) is 4.79 Å². The van der Waals surface area contributed by atoms with E-state index in [2.05, 4.69) is 52.8 Å². The van der Waals surface area contributed by atoms with Crippen LogP contribution in [0.25, 0.3) is 0 Å². The highest BCUT2D eigenvalue weighted by molar-refractivity contribution is 5.82. The van der Waals surface area contributed by atoms with Crippen LogP contribution in [0.4, 0.5) is 11.4 Å². The van der Waals surface area contributed by atoms with E-state index in [1.165, 1.54) is 36.9 Å². The van der Waals surface area contributed by atoms with E-state index in [1.54, 1.807) is 0 Å². The first-order valence-electron chi connectivity index (χ1n) is 9.63. The van der Waals surface area contributed by atoms with Crippen molar-refractivity contribution >= 4 is 17.3 Å². The summed E-state index contributed by atoms with van der Waals surface area (Å²) in [7, 11) is 0. The topological polar surface area (TPSA) is 44.4 Å². The standard InChI is InChI=1S/C22H29N3O/c1-18-10-4-5-11-19(18)16-24-22(26)17-23-20-12-6-7-13-21(20)25-14-8-2-3-9-15-25/h4-7,10-13,23H,2-3,8-9,14-17H2,1H3,(H,24,26). The van der Waals surface area contributed by atoms with Gasteiger partial charge in [0.1, 0.15) is 0 Å². The highest BCUT2D eigenvalue weighted by Gasteiger charge is 2.13. The maximum Gasteiger partial charge on any atom is 0.239 e. The molecule has 26 heavy (non-hydrogen) atoms. The first-order chi connectivity index (χ1) is 12.7. The van der Waals surface area contributed by atoms with Crippen molar-refractivity contribution in [2.45, 2.75) is 39.2 Å². The highest BCUT2D eigenvalue weighted by Crippen LogP contribution is 2.27. The average Bonchev–Trinajstić information content (AvgIpc) is 2.95. The van der Waals surface area contributed by atoms with Crippen molar-refractivity contribution in [2.75, 3.05) is 29.9 Å². The molecular weight excluding hydrogens is 322 g/mol. The van der Waals surface area contributed by atoms with E-state index in [0.29, 0.717) is 6.54 Å². The number of nitrogens with one attached hydrogen (secondary N) is 2. The molecule has 4 heteroatoms. The zero-order chi connectivity index (χ0) is 18.2.